The van der Waals surface area contributed by atoms with Gasteiger partial charge in [-0.3, -0.25) is 15.0 Å². The summed E-state index contributed by atoms with van der Waals surface area (Å²) in [5, 5.41) is 24.6. The summed E-state index contributed by atoms with van der Waals surface area (Å²) in [4.78, 5) is 45.7. The van der Waals surface area contributed by atoms with Crippen molar-refractivity contribution < 1.29 is 19.4 Å². The molecular weight excluding hydrogens is 380 g/mol. The van der Waals surface area contributed by atoms with Crippen LogP contribution in [0, 0.1) is 28.0 Å². The van der Waals surface area contributed by atoms with Crippen LogP contribution in [-0.4, -0.2) is 41.2 Å². The lowest BCUT2D eigenvalue weighted by atomic mass is 10.1. The van der Waals surface area contributed by atoms with E-state index < -0.39 is 17.0 Å². The van der Waals surface area contributed by atoms with Gasteiger partial charge in [0.2, 0.25) is 11.8 Å². The molecule has 0 fully saturated rings. The van der Waals surface area contributed by atoms with Gasteiger partial charge in [0.1, 0.15) is 11.8 Å². The third-order valence-electron chi connectivity index (χ3n) is 3.84. The van der Waals surface area contributed by atoms with Gasteiger partial charge in [-0.05, 0) is 44.9 Å². The molecule has 0 saturated heterocycles. The van der Waals surface area contributed by atoms with Crippen molar-refractivity contribution in [1.82, 2.24) is 21.4 Å². The summed E-state index contributed by atoms with van der Waals surface area (Å²) >= 11 is 0. The first kappa shape index (κ1) is 26.3. The molecule has 165 valence electrons. The van der Waals surface area contributed by atoms with Crippen molar-refractivity contribution in [2.45, 2.75) is 71.8 Å². The van der Waals surface area contributed by atoms with Gasteiger partial charge in [0, 0.05) is 25.9 Å². The Morgan fingerprint density at radius 1 is 1.14 bits per heavy atom. The van der Waals surface area contributed by atoms with Crippen LogP contribution in [0.15, 0.2) is 0 Å². The van der Waals surface area contributed by atoms with Crippen LogP contribution in [-0.2, 0) is 14.4 Å². The fourth-order valence-electron chi connectivity index (χ4n) is 2.34. The van der Waals surface area contributed by atoms with E-state index in [2.05, 4.69) is 16.0 Å². The van der Waals surface area contributed by atoms with Crippen molar-refractivity contribution in [1.29, 1.82) is 5.41 Å². The number of nitro groups is 1. The van der Waals surface area contributed by atoms with Gasteiger partial charge in [-0.15, -0.1) is 0 Å². The lowest BCUT2D eigenvalue weighted by Crippen LogP contribution is -2.46. The molecule has 0 aromatic rings. The molecular formula is C18H33N6O5. The van der Waals surface area contributed by atoms with Crippen LogP contribution in [0.3, 0.4) is 0 Å². The second-order valence-electron chi connectivity index (χ2n) is 7.18. The maximum absolute atomic E-state index is 12.4. The highest BCUT2D eigenvalue weighted by Gasteiger charge is 2.20. The predicted octanol–water partition coefficient (Wildman–Crippen LogP) is 1.03. The molecule has 0 aromatic carbocycles. The lowest BCUT2D eigenvalue weighted by Gasteiger charge is -2.19. The predicted molar refractivity (Wildman–Crippen MR) is 108 cm³/mol. The number of carbonyl (C=O) groups is 3. The Morgan fingerprint density at radius 3 is 2.38 bits per heavy atom. The molecule has 11 nitrogen and oxygen atoms in total. The molecule has 5 N–H and O–H groups in total. The molecule has 1 atom stereocenters. The standard InChI is InChI=1S/C18H33N6O5/c1-13(2)10-12-20-17(27)15(8-6-11-21-18(19)23-24(28)29)22-16(26)9-5-4-7-14(3)25/h12-13,15H,4-11H2,1-3H3,(H,20,27)(H,22,26)(H3,19,21,23)/t15-/m0/s1. The maximum Gasteiger partial charge on any atom is 0.251 e. The number of carbonyl (C=O) groups excluding carboxylic acids is 3. The van der Waals surface area contributed by atoms with Gasteiger partial charge >= 0.3 is 0 Å². The molecule has 0 aliphatic rings. The van der Waals surface area contributed by atoms with Crippen LogP contribution in [0.25, 0.3) is 0 Å². The zero-order chi connectivity index (χ0) is 22.2. The normalized spacial score (nSPS) is 11.4. The minimum atomic E-state index is -0.845. The van der Waals surface area contributed by atoms with E-state index in [0.29, 0.717) is 44.4 Å². The number of Topliss-reactive ketones (excluding diaryl/α,β-unsaturated/α-hetero) is 1. The fourth-order valence-corrected chi connectivity index (χ4v) is 2.34. The average Bonchev–Trinajstić information content (AvgIpc) is 2.60. The SMILES string of the molecule is CC(=O)CCCCC(=O)N[C@@H](CCCNC(=N)N[N+](=O)[O-])C(=O)N[CH]CC(C)C. The molecule has 0 bridgehead atoms. The number of nitrogens with one attached hydrogen (secondary N) is 5. The zero-order valence-electron chi connectivity index (χ0n) is 17.4. The number of nitrogens with zero attached hydrogens (tertiary/aromatic N) is 1. The number of guanidine groups is 1. The Hall–Kier alpha value is -2.72. The van der Waals surface area contributed by atoms with Crippen LogP contribution in [0.2, 0.25) is 0 Å². The average molecular weight is 413 g/mol. The largest absolute Gasteiger partial charge is 0.352 e. The molecule has 29 heavy (non-hydrogen) atoms. The van der Waals surface area contributed by atoms with E-state index >= 15 is 0 Å². The summed E-state index contributed by atoms with van der Waals surface area (Å²) in [5.74, 6) is -0.591. The van der Waals surface area contributed by atoms with Crippen LogP contribution >= 0.6 is 0 Å². The molecule has 11 heteroatoms. The number of hydrazine groups is 1. The van der Waals surface area contributed by atoms with Gasteiger partial charge < -0.3 is 20.7 Å². The van der Waals surface area contributed by atoms with Crippen molar-refractivity contribution in [3.05, 3.63) is 16.7 Å². The summed E-state index contributed by atoms with van der Waals surface area (Å²) in [7, 11) is 0. The number of unbranched alkanes of at least 4 members (excludes halogenated alkanes) is 1. The molecule has 0 saturated carbocycles. The molecule has 1 radical (unpaired) electrons. The molecule has 0 heterocycles. The first-order valence-electron chi connectivity index (χ1n) is 9.76. The van der Waals surface area contributed by atoms with E-state index in [4.69, 9.17) is 5.41 Å². The highest BCUT2D eigenvalue weighted by Crippen LogP contribution is 2.05. The van der Waals surface area contributed by atoms with Crippen molar-refractivity contribution in [2.24, 2.45) is 5.92 Å². The van der Waals surface area contributed by atoms with Crippen molar-refractivity contribution in [3.63, 3.8) is 0 Å². The smallest absolute Gasteiger partial charge is 0.251 e. The molecule has 0 unspecified atom stereocenters. The molecule has 2 amide bonds. The highest BCUT2D eigenvalue weighted by molar-refractivity contribution is 5.87. The topological polar surface area (TPSA) is 166 Å². The van der Waals surface area contributed by atoms with Crippen LogP contribution in [0.1, 0.15) is 65.7 Å². The van der Waals surface area contributed by atoms with Gasteiger partial charge in [-0.2, -0.15) is 0 Å². The number of hydrogen-bond acceptors (Lipinski definition) is 6. The molecule has 0 aliphatic heterocycles. The first-order chi connectivity index (χ1) is 13.6. The maximum atomic E-state index is 12.4. The van der Waals surface area contributed by atoms with Crippen LogP contribution in [0.4, 0.5) is 0 Å². The molecule has 0 rings (SSSR count). The Labute approximate surface area is 171 Å². The quantitative estimate of drug-likeness (QED) is 0.0878. The first-order valence-corrected chi connectivity index (χ1v) is 9.76. The summed E-state index contributed by atoms with van der Waals surface area (Å²) in [6.45, 7) is 7.43. The summed E-state index contributed by atoms with van der Waals surface area (Å²) < 4.78 is 0. The number of rotatable bonds is 15. The van der Waals surface area contributed by atoms with Gasteiger partial charge in [0.15, 0.2) is 5.03 Å². The Bertz CT molecular complexity index is 567. The van der Waals surface area contributed by atoms with Gasteiger partial charge in [-0.25, -0.2) is 10.1 Å². The molecule has 0 aliphatic carbocycles. The lowest BCUT2D eigenvalue weighted by molar-refractivity contribution is -0.525. The highest BCUT2D eigenvalue weighted by atomic mass is 16.7. The summed E-state index contributed by atoms with van der Waals surface area (Å²) in [6, 6.07) is -0.752. The van der Waals surface area contributed by atoms with Crippen LogP contribution in [0.5, 0.6) is 0 Å². The minimum absolute atomic E-state index is 0.0768. The van der Waals surface area contributed by atoms with E-state index in [1.54, 1.807) is 12.0 Å². The van der Waals surface area contributed by atoms with E-state index in [0.717, 1.165) is 0 Å². The fraction of sp³-hybridized carbons (Fsp3) is 0.722. The third-order valence-corrected chi connectivity index (χ3v) is 3.84. The van der Waals surface area contributed by atoms with Gasteiger partial charge in [0.25, 0.3) is 5.96 Å². The number of amides is 2. The zero-order valence-corrected chi connectivity index (χ0v) is 17.4. The third kappa shape index (κ3) is 16.0. The van der Waals surface area contributed by atoms with Gasteiger partial charge in [-0.1, -0.05) is 19.3 Å². The second-order valence-corrected chi connectivity index (χ2v) is 7.18. The van der Waals surface area contributed by atoms with E-state index in [9.17, 15) is 24.5 Å². The van der Waals surface area contributed by atoms with E-state index in [1.165, 1.54) is 6.92 Å². The molecule has 0 spiro atoms. The van der Waals surface area contributed by atoms with E-state index in [1.807, 2.05) is 13.8 Å². The van der Waals surface area contributed by atoms with Crippen molar-refractivity contribution >= 4 is 23.6 Å². The minimum Gasteiger partial charge on any atom is -0.352 e. The van der Waals surface area contributed by atoms with Crippen LogP contribution < -0.4 is 21.4 Å². The Kier molecular flexibility index (Phi) is 13.8. The van der Waals surface area contributed by atoms with Crippen molar-refractivity contribution in [2.75, 3.05) is 6.54 Å². The van der Waals surface area contributed by atoms with Gasteiger partial charge in [0.05, 0.1) is 0 Å². The summed E-state index contributed by atoms with van der Waals surface area (Å²) in [6.07, 6.45) is 3.25. The Morgan fingerprint density at radius 2 is 1.79 bits per heavy atom. The van der Waals surface area contributed by atoms with Crippen molar-refractivity contribution in [3.8, 4) is 0 Å². The Balaban J connectivity index is 4.49. The second kappa shape index (κ2) is 15.2. The monoisotopic (exact) mass is 413 g/mol. The van der Waals surface area contributed by atoms with E-state index in [-0.39, 0.29) is 30.6 Å². The number of ketones is 1. The molecule has 0 aromatic heterocycles. The number of hydrogen-bond donors (Lipinski definition) is 5. The summed E-state index contributed by atoms with van der Waals surface area (Å²) in [5.41, 5.74) is 1.68.